The van der Waals surface area contributed by atoms with Crippen molar-refractivity contribution in [1.29, 1.82) is 0 Å². The van der Waals surface area contributed by atoms with E-state index in [2.05, 4.69) is 72.3 Å². The van der Waals surface area contributed by atoms with Crippen molar-refractivity contribution in [2.45, 2.75) is 64.1 Å². The molecule has 0 aliphatic carbocycles. The second-order valence-corrected chi connectivity index (χ2v) is 9.28. The first-order valence-electron chi connectivity index (χ1n) is 12.5. The SMILES string of the molecule is CB1OC(c2ccccc2)(c2ccccc2)[C@@H]2CCCN12.CC(=O)CC[N+](=O)[O-].C[C@@H](O)CC[N+](=O)[O-]. The molecule has 200 valence electrons. The molecule has 2 aliphatic heterocycles. The van der Waals surface area contributed by atoms with Gasteiger partial charge >= 0.3 is 7.05 Å². The number of benzene rings is 2. The third-order valence-electron chi connectivity index (χ3n) is 6.37. The lowest BCUT2D eigenvalue weighted by molar-refractivity contribution is -0.481. The minimum absolute atomic E-state index is 0.0486. The lowest BCUT2D eigenvalue weighted by Crippen LogP contribution is -2.41. The second-order valence-electron chi connectivity index (χ2n) is 9.28. The Morgan fingerprint density at radius 2 is 1.59 bits per heavy atom. The summed E-state index contributed by atoms with van der Waals surface area (Å²) in [5.74, 6) is -0.137. The number of Topliss-reactive ketones (excluding diaryl/α,β-unsaturated/α-hetero) is 1. The molecular formula is C26H36BN3O7. The van der Waals surface area contributed by atoms with E-state index in [0.717, 1.165) is 6.54 Å². The van der Waals surface area contributed by atoms with Gasteiger partial charge in [0.15, 0.2) is 0 Å². The van der Waals surface area contributed by atoms with E-state index in [-0.39, 0.29) is 44.4 Å². The molecule has 0 saturated carbocycles. The molecule has 2 atom stereocenters. The van der Waals surface area contributed by atoms with Gasteiger partial charge in [0, 0.05) is 22.3 Å². The highest BCUT2D eigenvalue weighted by molar-refractivity contribution is 6.48. The molecule has 0 aromatic heterocycles. The standard InChI is InChI=1S/C18H20BNO.C4H9NO3.C4H7NO3/c1-19-20-14-8-13-17(20)18(21-19,15-9-4-2-5-10-15)16-11-6-3-7-12-16;2*1-4(6)2-3-5(7)8/h2-7,9-12,17H,8,13-14H2,1H3;4,6H,2-3H2,1H3;2-3H2,1H3/t17-;4-;/m01./s1. The number of ketones is 1. The van der Waals surface area contributed by atoms with Crippen LogP contribution in [0.2, 0.25) is 6.82 Å². The van der Waals surface area contributed by atoms with Gasteiger partial charge in [-0.15, -0.1) is 0 Å². The fourth-order valence-corrected chi connectivity index (χ4v) is 4.68. The summed E-state index contributed by atoms with van der Waals surface area (Å²) in [7, 11) is 0.179. The van der Waals surface area contributed by atoms with Crippen molar-refractivity contribution in [1.82, 2.24) is 4.81 Å². The molecule has 2 saturated heterocycles. The molecule has 4 rings (SSSR count). The van der Waals surface area contributed by atoms with Gasteiger partial charge in [0.05, 0.1) is 12.5 Å². The van der Waals surface area contributed by atoms with Crippen molar-refractivity contribution in [3.8, 4) is 0 Å². The third-order valence-corrected chi connectivity index (χ3v) is 6.37. The van der Waals surface area contributed by atoms with E-state index in [1.165, 1.54) is 37.8 Å². The lowest BCUT2D eigenvalue weighted by atomic mass is 9.79. The number of fused-ring (bicyclic) bond motifs is 1. The normalized spacial score (nSPS) is 18.5. The molecule has 0 unspecified atom stereocenters. The van der Waals surface area contributed by atoms with Crippen LogP contribution in [0.5, 0.6) is 0 Å². The molecule has 2 aromatic carbocycles. The summed E-state index contributed by atoms with van der Waals surface area (Å²) in [4.78, 5) is 30.8. The maximum Gasteiger partial charge on any atom is 0.380 e. The summed E-state index contributed by atoms with van der Waals surface area (Å²) < 4.78 is 6.61. The highest BCUT2D eigenvalue weighted by Gasteiger charge is 2.56. The van der Waals surface area contributed by atoms with Crippen molar-refractivity contribution in [2.75, 3.05) is 19.6 Å². The van der Waals surface area contributed by atoms with Crippen molar-refractivity contribution >= 4 is 12.8 Å². The molecular weight excluding hydrogens is 477 g/mol. The first-order valence-corrected chi connectivity index (χ1v) is 12.5. The minimum atomic E-state index is -0.555. The predicted molar refractivity (Wildman–Crippen MR) is 141 cm³/mol. The molecule has 2 aliphatic rings. The van der Waals surface area contributed by atoms with E-state index < -0.39 is 16.0 Å². The Kier molecular flexibility index (Phi) is 11.8. The summed E-state index contributed by atoms with van der Waals surface area (Å²) in [6.07, 6.45) is 2.20. The molecule has 0 amide bonds. The van der Waals surface area contributed by atoms with Crippen molar-refractivity contribution in [2.24, 2.45) is 0 Å². The van der Waals surface area contributed by atoms with Crippen molar-refractivity contribution < 1.29 is 24.4 Å². The van der Waals surface area contributed by atoms with Crippen LogP contribution in [-0.2, 0) is 15.0 Å². The lowest BCUT2D eigenvalue weighted by Gasteiger charge is -2.36. The number of nitrogens with zero attached hydrogens (tertiary/aromatic N) is 3. The minimum Gasteiger partial charge on any atom is -0.406 e. The number of hydrogen-bond acceptors (Lipinski definition) is 8. The molecule has 1 N–H and O–H groups in total. The van der Waals surface area contributed by atoms with E-state index in [9.17, 15) is 25.0 Å². The quantitative estimate of drug-likeness (QED) is 0.320. The van der Waals surface area contributed by atoms with Gasteiger partial charge in [0.25, 0.3) is 0 Å². The Bertz CT molecular complexity index is 954. The maximum absolute atomic E-state index is 10.0. The monoisotopic (exact) mass is 513 g/mol. The van der Waals surface area contributed by atoms with Crippen molar-refractivity contribution in [3.05, 3.63) is 92.0 Å². The van der Waals surface area contributed by atoms with E-state index in [4.69, 9.17) is 9.76 Å². The van der Waals surface area contributed by atoms with Crippen LogP contribution in [0.1, 0.15) is 50.7 Å². The fourth-order valence-electron chi connectivity index (χ4n) is 4.68. The number of aliphatic hydroxyl groups excluding tert-OH is 1. The second kappa shape index (κ2) is 14.6. The third kappa shape index (κ3) is 8.73. The van der Waals surface area contributed by atoms with Gasteiger partial charge in [0.1, 0.15) is 11.4 Å². The van der Waals surface area contributed by atoms with E-state index in [1.807, 2.05) is 0 Å². The molecule has 2 heterocycles. The summed E-state index contributed by atoms with van der Waals surface area (Å²) in [6.45, 7) is 5.82. The first-order chi connectivity index (χ1) is 17.6. The van der Waals surface area contributed by atoms with Gasteiger partial charge in [-0.3, -0.25) is 25.0 Å². The van der Waals surface area contributed by atoms with Gasteiger partial charge in [0.2, 0.25) is 13.1 Å². The van der Waals surface area contributed by atoms with Crippen LogP contribution in [0, 0.1) is 20.2 Å². The molecule has 2 fully saturated rings. The van der Waals surface area contributed by atoms with Crippen LogP contribution in [0.25, 0.3) is 0 Å². The molecule has 10 nitrogen and oxygen atoms in total. The average Bonchev–Trinajstić information content (AvgIpc) is 3.47. The van der Waals surface area contributed by atoms with Crippen LogP contribution in [-0.4, -0.2) is 64.4 Å². The van der Waals surface area contributed by atoms with Crippen LogP contribution in [0.15, 0.2) is 60.7 Å². The average molecular weight is 513 g/mol. The largest absolute Gasteiger partial charge is 0.406 e. The Balaban J connectivity index is 0.000000251. The number of carbonyl (C=O) groups is 1. The topological polar surface area (TPSA) is 136 Å². The molecule has 0 bridgehead atoms. The summed E-state index contributed by atoms with van der Waals surface area (Å²) in [5, 5.41) is 27.7. The van der Waals surface area contributed by atoms with E-state index in [0.29, 0.717) is 6.04 Å². The zero-order valence-electron chi connectivity index (χ0n) is 21.7. The van der Waals surface area contributed by atoms with Gasteiger partial charge in [-0.05, 0) is 51.2 Å². The Morgan fingerprint density at radius 1 is 1.08 bits per heavy atom. The number of nitro groups is 2. The summed E-state index contributed by atoms with van der Waals surface area (Å²) >= 11 is 0. The number of hydrogen-bond donors (Lipinski definition) is 1. The maximum atomic E-state index is 10.0. The summed E-state index contributed by atoms with van der Waals surface area (Å²) in [6, 6.07) is 21.9. The van der Waals surface area contributed by atoms with Crippen LogP contribution in [0.4, 0.5) is 0 Å². The zero-order valence-corrected chi connectivity index (χ0v) is 21.7. The van der Waals surface area contributed by atoms with Gasteiger partial charge in [-0.2, -0.15) is 0 Å². The number of rotatable bonds is 8. The van der Waals surface area contributed by atoms with Crippen LogP contribution < -0.4 is 0 Å². The van der Waals surface area contributed by atoms with Gasteiger partial charge in [-0.25, -0.2) is 0 Å². The highest BCUT2D eigenvalue weighted by Crippen LogP contribution is 2.48. The predicted octanol–water partition coefficient (Wildman–Crippen LogP) is 3.82. The summed E-state index contributed by atoms with van der Waals surface area (Å²) in [5.41, 5.74) is 2.23. The van der Waals surface area contributed by atoms with Crippen LogP contribution >= 0.6 is 0 Å². The number of aliphatic hydroxyl groups is 1. The van der Waals surface area contributed by atoms with Gasteiger partial charge in [-0.1, -0.05) is 60.7 Å². The Hall–Kier alpha value is -3.15. The van der Waals surface area contributed by atoms with Crippen LogP contribution in [0.3, 0.4) is 0 Å². The Labute approximate surface area is 218 Å². The van der Waals surface area contributed by atoms with E-state index in [1.54, 1.807) is 0 Å². The van der Waals surface area contributed by atoms with Gasteiger partial charge < -0.3 is 14.6 Å². The molecule has 37 heavy (non-hydrogen) atoms. The van der Waals surface area contributed by atoms with E-state index >= 15 is 0 Å². The first kappa shape index (κ1) is 30.1. The highest BCUT2D eigenvalue weighted by atomic mass is 16.6. The molecule has 0 radical (unpaired) electrons. The smallest absolute Gasteiger partial charge is 0.380 e. The number of carbonyl (C=O) groups excluding carboxylic acids is 1. The molecule has 11 heteroatoms. The molecule has 0 spiro atoms. The fraction of sp³-hybridized carbons (Fsp3) is 0.500. The molecule has 2 aromatic rings. The zero-order chi connectivity index (χ0) is 27.4. The Morgan fingerprint density at radius 3 is 1.97 bits per heavy atom. The van der Waals surface area contributed by atoms with Crippen molar-refractivity contribution in [3.63, 3.8) is 0 Å².